The maximum Gasteiger partial charge on any atom is 0.315 e. The second-order valence-electron chi connectivity index (χ2n) is 6.01. The first-order valence-corrected chi connectivity index (χ1v) is 8.50. The summed E-state index contributed by atoms with van der Waals surface area (Å²) in [5, 5.41) is 11.6. The fraction of sp³-hybridized carbons (Fsp3) is 0.200. The van der Waals surface area contributed by atoms with Crippen LogP contribution in [0, 0.1) is 10.1 Å². The van der Waals surface area contributed by atoms with Gasteiger partial charge in [-0.25, -0.2) is 0 Å². The largest absolute Gasteiger partial charge is 0.490 e. The number of rotatable bonds is 8. The number of nitro benzene ring substituents is 1. The van der Waals surface area contributed by atoms with Crippen molar-refractivity contribution < 1.29 is 9.66 Å². The molecule has 0 amide bonds. The summed E-state index contributed by atoms with van der Waals surface area (Å²) in [5.74, 6) is 0.258. The van der Waals surface area contributed by atoms with E-state index in [4.69, 9.17) is 4.74 Å². The molecular weight excluding hydrogens is 344 g/mol. The summed E-state index contributed by atoms with van der Waals surface area (Å²) < 4.78 is 5.18. The SMILES string of the molecule is COc1cccc(CN(Cc2ccccn2)Cc2ccccn2)c1[N+](=O)[O-]. The molecule has 2 heterocycles. The number of methoxy groups -OCH3 is 1. The van der Waals surface area contributed by atoms with Gasteiger partial charge in [0.2, 0.25) is 0 Å². The summed E-state index contributed by atoms with van der Waals surface area (Å²) in [6.45, 7) is 1.47. The molecular formula is C20H20N4O3. The molecule has 0 bridgehead atoms. The fourth-order valence-corrected chi connectivity index (χ4v) is 2.92. The van der Waals surface area contributed by atoms with Crippen molar-refractivity contribution in [1.29, 1.82) is 0 Å². The second kappa shape index (κ2) is 8.86. The zero-order valence-electron chi connectivity index (χ0n) is 15.0. The van der Waals surface area contributed by atoms with Crippen molar-refractivity contribution in [3.8, 4) is 5.75 Å². The van der Waals surface area contributed by atoms with Gasteiger partial charge in [-0.1, -0.05) is 24.3 Å². The molecule has 0 fully saturated rings. The van der Waals surface area contributed by atoms with Crippen molar-refractivity contribution in [3.05, 3.63) is 94.1 Å². The van der Waals surface area contributed by atoms with Crippen LogP contribution < -0.4 is 4.74 Å². The minimum absolute atomic E-state index is 0.00737. The number of ether oxygens (including phenoxy) is 1. The van der Waals surface area contributed by atoms with Crippen LogP contribution >= 0.6 is 0 Å². The van der Waals surface area contributed by atoms with Crippen LogP contribution in [-0.4, -0.2) is 26.9 Å². The molecule has 3 aromatic rings. The molecule has 27 heavy (non-hydrogen) atoms. The zero-order chi connectivity index (χ0) is 19.1. The Bertz CT molecular complexity index is 847. The third kappa shape index (κ3) is 4.86. The van der Waals surface area contributed by atoms with Gasteiger partial charge in [-0.15, -0.1) is 0 Å². The first-order chi connectivity index (χ1) is 13.2. The Morgan fingerprint density at radius 3 is 2.04 bits per heavy atom. The molecule has 0 aliphatic heterocycles. The third-order valence-electron chi connectivity index (χ3n) is 4.10. The van der Waals surface area contributed by atoms with E-state index < -0.39 is 4.92 Å². The van der Waals surface area contributed by atoms with E-state index in [1.807, 2.05) is 36.4 Å². The van der Waals surface area contributed by atoms with E-state index in [2.05, 4.69) is 14.9 Å². The molecule has 0 unspecified atom stereocenters. The van der Waals surface area contributed by atoms with E-state index in [9.17, 15) is 10.1 Å². The number of benzene rings is 1. The van der Waals surface area contributed by atoms with Gasteiger partial charge in [-0.3, -0.25) is 25.0 Å². The number of hydrogen-bond acceptors (Lipinski definition) is 6. The van der Waals surface area contributed by atoms with Gasteiger partial charge in [-0.05, 0) is 30.3 Å². The quantitative estimate of drug-likeness (QED) is 0.449. The molecule has 0 atom stereocenters. The maximum absolute atomic E-state index is 11.6. The van der Waals surface area contributed by atoms with Crippen LogP contribution in [0.2, 0.25) is 0 Å². The Kier molecular flexibility index (Phi) is 6.06. The van der Waals surface area contributed by atoms with Gasteiger partial charge in [0, 0.05) is 37.6 Å². The Morgan fingerprint density at radius 2 is 1.56 bits per heavy atom. The summed E-state index contributed by atoms with van der Waals surface area (Å²) in [4.78, 5) is 22.0. The minimum Gasteiger partial charge on any atom is -0.490 e. The lowest BCUT2D eigenvalue weighted by Crippen LogP contribution is -2.24. The molecule has 0 saturated carbocycles. The molecule has 0 aliphatic rings. The third-order valence-corrected chi connectivity index (χ3v) is 4.10. The predicted octanol–water partition coefficient (Wildman–Crippen LogP) is 3.60. The second-order valence-corrected chi connectivity index (χ2v) is 6.01. The lowest BCUT2D eigenvalue weighted by atomic mass is 10.1. The molecule has 0 spiro atoms. The van der Waals surface area contributed by atoms with Gasteiger partial charge in [0.05, 0.1) is 23.4 Å². The smallest absolute Gasteiger partial charge is 0.315 e. The summed E-state index contributed by atoms with van der Waals surface area (Å²) in [5.41, 5.74) is 2.36. The predicted molar refractivity (Wildman–Crippen MR) is 101 cm³/mol. The summed E-state index contributed by atoms with van der Waals surface area (Å²) in [6.07, 6.45) is 3.48. The first kappa shape index (κ1) is 18.5. The number of pyridine rings is 2. The lowest BCUT2D eigenvalue weighted by Gasteiger charge is -2.22. The molecule has 7 heteroatoms. The highest BCUT2D eigenvalue weighted by Gasteiger charge is 2.22. The van der Waals surface area contributed by atoms with Gasteiger partial charge in [0.25, 0.3) is 0 Å². The number of nitro groups is 1. The first-order valence-electron chi connectivity index (χ1n) is 8.50. The maximum atomic E-state index is 11.6. The average molecular weight is 364 g/mol. The molecule has 0 N–H and O–H groups in total. The summed E-state index contributed by atoms with van der Waals surface area (Å²) >= 11 is 0. The Labute approximate surface area is 157 Å². The molecule has 2 aromatic heterocycles. The minimum atomic E-state index is -0.395. The fourth-order valence-electron chi connectivity index (χ4n) is 2.92. The van der Waals surface area contributed by atoms with Crippen LogP contribution in [0.3, 0.4) is 0 Å². The Balaban J connectivity index is 1.90. The Hall–Kier alpha value is -3.32. The van der Waals surface area contributed by atoms with Crippen LogP contribution in [0.4, 0.5) is 5.69 Å². The number of nitrogens with zero attached hydrogens (tertiary/aromatic N) is 4. The molecule has 1 aromatic carbocycles. The van der Waals surface area contributed by atoms with Gasteiger partial charge < -0.3 is 4.74 Å². The van der Waals surface area contributed by atoms with Gasteiger partial charge >= 0.3 is 5.69 Å². The van der Waals surface area contributed by atoms with E-state index in [0.29, 0.717) is 25.2 Å². The zero-order valence-corrected chi connectivity index (χ0v) is 15.0. The van der Waals surface area contributed by atoms with Gasteiger partial charge in [-0.2, -0.15) is 0 Å². The highest BCUT2D eigenvalue weighted by molar-refractivity contribution is 5.52. The van der Waals surface area contributed by atoms with Crippen molar-refractivity contribution in [1.82, 2.24) is 14.9 Å². The van der Waals surface area contributed by atoms with E-state index >= 15 is 0 Å². The van der Waals surface area contributed by atoms with Crippen LogP contribution in [0.1, 0.15) is 17.0 Å². The van der Waals surface area contributed by atoms with Gasteiger partial charge in [0.15, 0.2) is 5.75 Å². The van der Waals surface area contributed by atoms with E-state index in [1.54, 1.807) is 30.6 Å². The Morgan fingerprint density at radius 1 is 0.926 bits per heavy atom. The number of para-hydroxylation sites is 1. The van der Waals surface area contributed by atoms with Crippen molar-refractivity contribution >= 4 is 5.69 Å². The van der Waals surface area contributed by atoms with Crippen LogP contribution in [0.15, 0.2) is 67.0 Å². The molecule has 7 nitrogen and oxygen atoms in total. The average Bonchev–Trinajstić information content (AvgIpc) is 2.69. The molecule has 3 rings (SSSR count). The molecule has 0 aliphatic carbocycles. The van der Waals surface area contributed by atoms with Crippen molar-refractivity contribution in [3.63, 3.8) is 0 Å². The lowest BCUT2D eigenvalue weighted by molar-refractivity contribution is -0.386. The normalized spacial score (nSPS) is 10.7. The number of hydrogen-bond donors (Lipinski definition) is 0. The van der Waals surface area contributed by atoms with Crippen LogP contribution in [-0.2, 0) is 19.6 Å². The molecule has 0 saturated heterocycles. The van der Waals surface area contributed by atoms with Crippen LogP contribution in [0.25, 0.3) is 0 Å². The van der Waals surface area contributed by atoms with Gasteiger partial charge in [0.1, 0.15) is 0 Å². The van der Waals surface area contributed by atoms with Crippen molar-refractivity contribution in [2.75, 3.05) is 7.11 Å². The van der Waals surface area contributed by atoms with Crippen molar-refractivity contribution in [2.45, 2.75) is 19.6 Å². The summed E-state index contributed by atoms with van der Waals surface area (Å²) in [7, 11) is 1.44. The summed E-state index contributed by atoms with van der Waals surface area (Å²) in [6, 6.07) is 16.6. The standard InChI is InChI=1S/C20H20N4O3/c1-27-19-10-6-7-16(20(19)24(25)26)13-23(14-17-8-2-4-11-21-17)15-18-9-3-5-12-22-18/h2-12H,13-15H2,1H3. The molecule has 0 radical (unpaired) electrons. The number of aromatic nitrogens is 2. The highest BCUT2D eigenvalue weighted by atomic mass is 16.6. The molecule has 138 valence electrons. The highest BCUT2D eigenvalue weighted by Crippen LogP contribution is 2.31. The van der Waals surface area contributed by atoms with E-state index in [1.165, 1.54) is 7.11 Å². The van der Waals surface area contributed by atoms with Crippen LogP contribution in [0.5, 0.6) is 5.75 Å². The van der Waals surface area contributed by atoms with Crippen molar-refractivity contribution in [2.24, 2.45) is 0 Å². The monoisotopic (exact) mass is 364 g/mol. The van der Waals surface area contributed by atoms with E-state index in [-0.39, 0.29) is 11.4 Å². The van der Waals surface area contributed by atoms with E-state index in [0.717, 1.165) is 11.4 Å². The topological polar surface area (TPSA) is 81.4 Å².